The standard InChI is InChI=1S/C24H29N3O4S/c1-6-14-32(29,30)26-23-9-7-8-22(17(23)3)25-24(28)21-15-16(2)27(18(21)4)19-10-12-20(31-5)13-11-19/h7-13,15,26H,6,14H2,1-5H3,(H,25,28). The van der Waals surface area contributed by atoms with Crippen molar-refractivity contribution in [2.24, 2.45) is 0 Å². The number of hydrogen-bond acceptors (Lipinski definition) is 4. The Hall–Kier alpha value is -3.26. The highest BCUT2D eigenvalue weighted by Gasteiger charge is 2.19. The summed E-state index contributed by atoms with van der Waals surface area (Å²) in [4.78, 5) is 13.1. The van der Waals surface area contributed by atoms with Gasteiger partial charge in [-0.3, -0.25) is 9.52 Å². The predicted molar refractivity (Wildman–Crippen MR) is 129 cm³/mol. The number of aromatic nitrogens is 1. The summed E-state index contributed by atoms with van der Waals surface area (Å²) in [5.74, 6) is 0.550. The molecule has 3 rings (SSSR count). The van der Waals surface area contributed by atoms with E-state index in [0.717, 1.165) is 22.8 Å². The quantitative estimate of drug-likeness (QED) is 0.510. The van der Waals surface area contributed by atoms with Crippen LogP contribution in [0.25, 0.3) is 5.69 Å². The maximum Gasteiger partial charge on any atom is 0.257 e. The van der Waals surface area contributed by atoms with E-state index in [1.54, 1.807) is 32.2 Å². The normalized spacial score (nSPS) is 11.3. The number of hydrogen-bond donors (Lipinski definition) is 2. The van der Waals surface area contributed by atoms with Crippen molar-refractivity contribution >= 4 is 27.3 Å². The first kappa shape index (κ1) is 23.4. The Balaban J connectivity index is 1.87. The maximum absolute atomic E-state index is 13.1. The van der Waals surface area contributed by atoms with Gasteiger partial charge in [-0.25, -0.2) is 8.42 Å². The molecule has 8 heteroatoms. The number of sulfonamides is 1. The molecule has 0 saturated heterocycles. The lowest BCUT2D eigenvalue weighted by Crippen LogP contribution is -2.18. The molecule has 1 heterocycles. The average Bonchev–Trinajstić information content (AvgIpc) is 3.05. The lowest BCUT2D eigenvalue weighted by Gasteiger charge is -2.14. The molecule has 3 aromatic rings. The van der Waals surface area contributed by atoms with Crippen molar-refractivity contribution in [2.45, 2.75) is 34.1 Å². The second kappa shape index (κ2) is 9.48. The zero-order chi connectivity index (χ0) is 23.5. The molecule has 0 aliphatic rings. The van der Waals surface area contributed by atoms with Gasteiger partial charge in [-0.15, -0.1) is 0 Å². The van der Waals surface area contributed by atoms with E-state index in [1.807, 2.05) is 55.7 Å². The summed E-state index contributed by atoms with van der Waals surface area (Å²) < 4.78 is 34.2. The Bertz CT molecular complexity index is 1230. The number of ether oxygens (including phenoxy) is 1. The van der Waals surface area contributed by atoms with Crippen molar-refractivity contribution in [1.29, 1.82) is 0 Å². The Morgan fingerprint density at radius 2 is 1.69 bits per heavy atom. The van der Waals surface area contributed by atoms with Gasteiger partial charge < -0.3 is 14.6 Å². The van der Waals surface area contributed by atoms with Crippen molar-refractivity contribution in [3.05, 3.63) is 71.0 Å². The van der Waals surface area contributed by atoms with Gasteiger partial charge in [0.15, 0.2) is 0 Å². The summed E-state index contributed by atoms with van der Waals surface area (Å²) in [7, 11) is -1.80. The number of nitrogens with zero attached hydrogens (tertiary/aromatic N) is 1. The summed E-state index contributed by atoms with van der Waals surface area (Å²) in [5.41, 5.74) is 4.89. The number of amides is 1. The van der Waals surface area contributed by atoms with Gasteiger partial charge in [-0.2, -0.15) is 0 Å². The van der Waals surface area contributed by atoms with Crippen molar-refractivity contribution in [3.63, 3.8) is 0 Å². The van der Waals surface area contributed by atoms with Crippen LogP contribution < -0.4 is 14.8 Å². The molecule has 0 radical (unpaired) electrons. The largest absolute Gasteiger partial charge is 0.497 e. The highest BCUT2D eigenvalue weighted by molar-refractivity contribution is 7.92. The molecular weight excluding hydrogens is 426 g/mol. The number of carbonyl (C=O) groups is 1. The number of methoxy groups -OCH3 is 1. The number of aryl methyl sites for hydroxylation is 1. The fourth-order valence-electron chi connectivity index (χ4n) is 3.68. The van der Waals surface area contributed by atoms with Gasteiger partial charge in [0.2, 0.25) is 10.0 Å². The molecule has 7 nitrogen and oxygen atoms in total. The van der Waals surface area contributed by atoms with Gasteiger partial charge in [0.1, 0.15) is 5.75 Å². The molecule has 0 atom stereocenters. The first-order valence-electron chi connectivity index (χ1n) is 10.4. The molecule has 0 saturated carbocycles. The van der Waals surface area contributed by atoms with Crippen LogP contribution in [0.3, 0.4) is 0 Å². The van der Waals surface area contributed by atoms with E-state index in [-0.39, 0.29) is 11.7 Å². The van der Waals surface area contributed by atoms with Crippen molar-refractivity contribution in [2.75, 3.05) is 22.9 Å². The van der Waals surface area contributed by atoms with E-state index in [0.29, 0.717) is 28.9 Å². The fourth-order valence-corrected chi connectivity index (χ4v) is 4.88. The van der Waals surface area contributed by atoms with Gasteiger partial charge >= 0.3 is 0 Å². The third kappa shape index (κ3) is 4.96. The number of benzene rings is 2. The summed E-state index contributed by atoms with van der Waals surface area (Å²) in [5, 5.41) is 2.93. The molecule has 0 aliphatic heterocycles. The van der Waals surface area contributed by atoms with E-state index >= 15 is 0 Å². The van der Waals surface area contributed by atoms with E-state index < -0.39 is 10.0 Å². The lowest BCUT2D eigenvalue weighted by atomic mass is 10.1. The molecule has 0 unspecified atom stereocenters. The smallest absolute Gasteiger partial charge is 0.257 e. The lowest BCUT2D eigenvalue weighted by molar-refractivity contribution is 0.102. The third-order valence-corrected chi connectivity index (χ3v) is 6.80. The summed E-state index contributed by atoms with van der Waals surface area (Å²) in [6, 6.07) is 14.6. The molecule has 1 amide bonds. The van der Waals surface area contributed by atoms with Crippen LogP contribution in [0.15, 0.2) is 48.5 Å². The molecule has 2 aromatic carbocycles. The van der Waals surface area contributed by atoms with Crippen molar-refractivity contribution in [3.8, 4) is 11.4 Å². The fraction of sp³-hybridized carbons (Fsp3) is 0.292. The minimum absolute atomic E-state index is 0.0420. The molecule has 0 bridgehead atoms. The van der Waals surface area contributed by atoms with E-state index in [9.17, 15) is 13.2 Å². The molecule has 2 N–H and O–H groups in total. The Morgan fingerprint density at radius 1 is 1.03 bits per heavy atom. The van der Waals surface area contributed by atoms with E-state index in [2.05, 4.69) is 10.0 Å². The SMILES string of the molecule is CCCS(=O)(=O)Nc1cccc(NC(=O)c2cc(C)n(-c3ccc(OC)cc3)c2C)c1C. The third-order valence-electron chi connectivity index (χ3n) is 5.33. The molecule has 0 aliphatic carbocycles. The number of rotatable bonds is 8. The summed E-state index contributed by atoms with van der Waals surface area (Å²) in [6.07, 6.45) is 0.522. The first-order valence-corrected chi connectivity index (χ1v) is 12.1. The number of carbonyl (C=O) groups excluding carboxylic acids is 1. The highest BCUT2D eigenvalue weighted by Crippen LogP contribution is 2.27. The predicted octanol–water partition coefficient (Wildman–Crippen LogP) is 4.82. The van der Waals surface area contributed by atoms with Gasteiger partial charge in [-0.05, 0) is 75.2 Å². The molecule has 32 heavy (non-hydrogen) atoms. The summed E-state index contributed by atoms with van der Waals surface area (Å²) >= 11 is 0. The summed E-state index contributed by atoms with van der Waals surface area (Å²) in [6.45, 7) is 7.43. The van der Waals surface area contributed by atoms with Crippen LogP contribution >= 0.6 is 0 Å². The number of nitrogens with one attached hydrogen (secondary N) is 2. The van der Waals surface area contributed by atoms with Crippen molar-refractivity contribution < 1.29 is 17.9 Å². The average molecular weight is 456 g/mol. The van der Waals surface area contributed by atoms with Crippen LogP contribution in [0.1, 0.15) is 40.7 Å². The van der Waals surface area contributed by atoms with Crippen LogP contribution in [0.4, 0.5) is 11.4 Å². The molecule has 0 fully saturated rings. The monoisotopic (exact) mass is 455 g/mol. The zero-order valence-corrected chi connectivity index (χ0v) is 19.8. The van der Waals surface area contributed by atoms with Crippen LogP contribution in [-0.4, -0.2) is 31.8 Å². The molecule has 1 aromatic heterocycles. The Morgan fingerprint density at radius 3 is 2.31 bits per heavy atom. The van der Waals surface area contributed by atoms with Crippen LogP contribution in [0.2, 0.25) is 0 Å². The van der Waals surface area contributed by atoms with E-state index in [1.165, 1.54) is 0 Å². The topological polar surface area (TPSA) is 89.4 Å². The Labute approximate surface area is 189 Å². The van der Waals surface area contributed by atoms with Gasteiger partial charge in [-0.1, -0.05) is 13.0 Å². The molecular formula is C24H29N3O4S. The zero-order valence-electron chi connectivity index (χ0n) is 19.0. The van der Waals surface area contributed by atoms with Gasteiger partial charge in [0, 0.05) is 22.8 Å². The Kier molecular flexibility index (Phi) is 6.93. The van der Waals surface area contributed by atoms with Gasteiger partial charge in [0.05, 0.1) is 24.1 Å². The van der Waals surface area contributed by atoms with Crippen molar-refractivity contribution in [1.82, 2.24) is 4.57 Å². The second-order valence-corrected chi connectivity index (χ2v) is 9.51. The van der Waals surface area contributed by atoms with Crippen LogP contribution in [0.5, 0.6) is 5.75 Å². The van der Waals surface area contributed by atoms with E-state index in [4.69, 9.17) is 4.74 Å². The highest BCUT2D eigenvalue weighted by atomic mass is 32.2. The second-order valence-electron chi connectivity index (χ2n) is 7.67. The molecule has 0 spiro atoms. The maximum atomic E-state index is 13.1. The first-order chi connectivity index (χ1) is 15.2. The molecule has 170 valence electrons. The van der Waals surface area contributed by atoms with Crippen LogP contribution in [0, 0.1) is 20.8 Å². The minimum Gasteiger partial charge on any atom is -0.497 e. The number of anilines is 2. The van der Waals surface area contributed by atoms with Crippen LogP contribution in [-0.2, 0) is 10.0 Å². The van der Waals surface area contributed by atoms with Gasteiger partial charge in [0.25, 0.3) is 5.91 Å². The minimum atomic E-state index is -3.42.